The zero-order valence-corrected chi connectivity index (χ0v) is 11.7. The summed E-state index contributed by atoms with van der Waals surface area (Å²) in [5, 5.41) is 5.89. The molecule has 3 rings (SSSR count). The van der Waals surface area contributed by atoms with Crippen LogP contribution < -0.4 is 10.6 Å². The molecule has 1 aliphatic rings. The Hall–Kier alpha value is -2.62. The molecule has 0 aromatic heterocycles. The van der Waals surface area contributed by atoms with Crippen LogP contribution in [0, 0.1) is 0 Å². The van der Waals surface area contributed by atoms with Crippen molar-refractivity contribution in [3.63, 3.8) is 0 Å². The molecule has 106 valence electrons. The van der Waals surface area contributed by atoms with Crippen LogP contribution in [0.1, 0.15) is 38.7 Å². The highest BCUT2D eigenvalue weighted by molar-refractivity contribution is 6.02. The van der Waals surface area contributed by atoms with Gasteiger partial charge in [-0.1, -0.05) is 18.2 Å². The summed E-state index contributed by atoms with van der Waals surface area (Å²) >= 11 is 0. The lowest BCUT2D eigenvalue weighted by molar-refractivity contribution is 0.0933. The second kappa shape index (κ2) is 5.40. The van der Waals surface area contributed by atoms with Crippen molar-refractivity contribution in [2.24, 2.45) is 0 Å². The van der Waals surface area contributed by atoms with Gasteiger partial charge in [0.05, 0.1) is 6.04 Å². The number of ketones is 1. The Morgan fingerprint density at radius 3 is 2.57 bits per heavy atom. The van der Waals surface area contributed by atoms with E-state index in [0.717, 1.165) is 11.3 Å². The Labute approximate surface area is 123 Å². The van der Waals surface area contributed by atoms with Gasteiger partial charge in [0.15, 0.2) is 5.78 Å². The van der Waals surface area contributed by atoms with Gasteiger partial charge in [0.25, 0.3) is 5.91 Å². The third-order valence-electron chi connectivity index (χ3n) is 3.77. The average molecular weight is 280 g/mol. The van der Waals surface area contributed by atoms with Crippen molar-refractivity contribution in [2.75, 3.05) is 12.4 Å². The van der Waals surface area contributed by atoms with Gasteiger partial charge in [-0.2, -0.15) is 0 Å². The SMILES string of the molecule is CNc1ccc(C(=O)CC2NC(=O)c3ccccc32)cc1. The molecular weight excluding hydrogens is 264 g/mol. The smallest absolute Gasteiger partial charge is 0.252 e. The largest absolute Gasteiger partial charge is 0.388 e. The van der Waals surface area contributed by atoms with Gasteiger partial charge >= 0.3 is 0 Å². The van der Waals surface area contributed by atoms with Crippen molar-refractivity contribution in [3.8, 4) is 0 Å². The monoisotopic (exact) mass is 280 g/mol. The molecular formula is C17H16N2O2. The number of Topliss-reactive ketones (excluding diaryl/α,β-unsaturated/α-hetero) is 1. The topological polar surface area (TPSA) is 58.2 Å². The van der Waals surface area contributed by atoms with Crippen LogP contribution in [0.3, 0.4) is 0 Å². The zero-order chi connectivity index (χ0) is 14.8. The van der Waals surface area contributed by atoms with Crippen molar-refractivity contribution in [3.05, 3.63) is 65.2 Å². The fourth-order valence-corrected chi connectivity index (χ4v) is 2.61. The van der Waals surface area contributed by atoms with E-state index in [1.54, 1.807) is 18.2 Å². The van der Waals surface area contributed by atoms with Crippen LogP contribution >= 0.6 is 0 Å². The molecule has 1 amide bonds. The van der Waals surface area contributed by atoms with Gasteiger partial charge in [-0.3, -0.25) is 9.59 Å². The van der Waals surface area contributed by atoms with Crippen LogP contribution in [0.5, 0.6) is 0 Å². The van der Waals surface area contributed by atoms with Crippen molar-refractivity contribution < 1.29 is 9.59 Å². The molecule has 2 aromatic carbocycles. The van der Waals surface area contributed by atoms with Gasteiger partial charge in [-0.15, -0.1) is 0 Å². The summed E-state index contributed by atoms with van der Waals surface area (Å²) in [6.07, 6.45) is 0.279. The molecule has 4 nitrogen and oxygen atoms in total. The van der Waals surface area contributed by atoms with Crippen LogP contribution in [-0.2, 0) is 0 Å². The van der Waals surface area contributed by atoms with E-state index in [9.17, 15) is 9.59 Å². The van der Waals surface area contributed by atoms with Gasteiger partial charge in [-0.05, 0) is 35.9 Å². The first-order valence-electron chi connectivity index (χ1n) is 6.90. The summed E-state index contributed by atoms with van der Waals surface area (Å²) in [4.78, 5) is 24.2. The molecule has 0 fully saturated rings. The van der Waals surface area contributed by atoms with E-state index in [1.165, 1.54) is 0 Å². The summed E-state index contributed by atoms with van der Waals surface area (Å²) in [6.45, 7) is 0. The number of anilines is 1. The fraction of sp³-hybridized carbons (Fsp3) is 0.176. The Balaban J connectivity index is 1.78. The number of hydrogen-bond donors (Lipinski definition) is 2. The van der Waals surface area contributed by atoms with Crippen molar-refractivity contribution in [1.29, 1.82) is 0 Å². The first-order chi connectivity index (χ1) is 10.2. The maximum atomic E-state index is 12.3. The molecule has 1 atom stereocenters. The van der Waals surface area contributed by atoms with E-state index in [1.807, 2.05) is 37.4 Å². The Morgan fingerprint density at radius 2 is 1.86 bits per heavy atom. The highest BCUT2D eigenvalue weighted by Gasteiger charge is 2.29. The van der Waals surface area contributed by atoms with Gasteiger partial charge < -0.3 is 10.6 Å². The lowest BCUT2D eigenvalue weighted by atomic mass is 9.98. The van der Waals surface area contributed by atoms with E-state index in [2.05, 4.69) is 10.6 Å². The second-order valence-electron chi connectivity index (χ2n) is 5.07. The highest BCUT2D eigenvalue weighted by atomic mass is 16.2. The van der Waals surface area contributed by atoms with E-state index in [-0.39, 0.29) is 24.2 Å². The Morgan fingerprint density at radius 1 is 1.14 bits per heavy atom. The van der Waals surface area contributed by atoms with Crippen molar-refractivity contribution >= 4 is 17.4 Å². The number of amides is 1. The van der Waals surface area contributed by atoms with Gasteiger partial charge in [0.1, 0.15) is 0 Å². The van der Waals surface area contributed by atoms with E-state index in [0.29, 0.717) is 11.1 Å². The van der Waals surface area contributed by atoms with E-state index >= 15 is 0 Å². The predicted octanol–water partition coefficient (Wildman–Crippen LogP) is 2.79. The molecule has 0 spiro atoms. The van der Waals surface area contributed by atoms with E-state index in [4.69, 9.17) is 0 Å². The number of hydrogen-bond acceptors (Lipinski definition) is 3. The number of rotatable bonds is 4. The minimum absolute atomic E-state index is 0.0275. The summed E-state index contributed by atoms with van der Waals surface area (Å²) in [7, 11) is 1.84. The molecule has 0 saturated carbocycles. The predicted molar refractivity (Wildman–Crippen MR) is 81.6 cm³/mol. The molecule has 4 heteroatoms. The van der Waals surface area contributed by atoms with Crippen molar-refractivity contribution in [1.82, 2.24) is 5.32 Å². The number of carbonyl (C=O) groups excluding carboxylic acids is 2. The summed E-state index contributed by atoms with van der Waals surface area (Å²) < 4.78 is 0. The van der Waals surface area contributed by atoms with Crippen LogP contribution in [-0.4, -0.2) is 18.7 Å². The molecule has 2 N–H and O–H groups in total. The Bertz CT molecular complexity index is 692. The molecule has 0 aliphatic carbocycles. The minimum atomic E-state index is -0.231. The van der Waals surface area contributed by atoms with Crippen molar-refractivity contribution in [2.45, 2.75) is 12.5 Å². The second-order valence-corrected chi connectivity index (χ2v) is 5.07. The third-order valence-corrected chi connectivity index (χ3v) is 3.77. The summed E-state index contributed by atoms with van der Waals surface area (Å²) in [5.74, 6) is -0.0754. The van der Waals surface area contributed by atoms with Crippen LogP contribution in [0.4, 0.5) is 5.69 Å². The molecule has 0 bridgehead atoms. The molecule has 2 aromatic rings. The number of fused-ring (bicyclic) bond motifs is 1. The lowest BCUT2D eigenvalue weighted by Gasteiger charge is -2.11. The van der Waals surface area contributed by atoms with Gasteiger partial charge in [-0.25, -0.2) is 0 Å². The van der Waals surface area contributed by atoms with Gasteiger partial charge in [0, 0.05) is 30.3 Å². The maximum absolute atomic E-state index is 12.3. The average Bonchev–Trinajstić information content (AvgIpc) is 2.84. The van der Waals surface area contributed by atoms with Gasteiger partial charge in [0.2, 0.25) is 0 Å². The molecule has 1 aliphatic heterocycles. The van der Waals surface area contributed by atoms with Crippen LogP contribution in [0.25, 0.3) is 0 Å². The minimum Gasteiger partial charge on any atom is -0.388 e. The molecule has 0 radical (unpaired) electrons. The summed E-state index contributed by atoms with van der Waals surface area (Å²) in [5.41, 5.74) is 3.20. The number of nitrogens with one attached hydrogen (secondary N) is 2. The van der Waals surface area contributed by atoms with Crippen LogP contribution in [0.2, 0.25) is 0 Å². The lowest BCUT2D eigenvalue weighted by Crippen LogP contribution is -2.21. The number of carbonyl (C=O) groups is 2. The number of benzene rings is 2. The third kappa shape index (κ3) is 2.52. The first kappa shape index (κ1) is 13.4. The molecule has 1 heterocycles. The normalized spacial score (nSPS) is 16.2. The first-order valence-corrected chi connectivity index (χ1v) is 6.90. The molecule has 21 heavy (non-hydrogen) atoms. The van der Waals surface area contributed by atoms with Crippen LogP contribution in [0.15, 0.2) is 48.5 Å². The molecule has 0 saturated heterocycles. The summed E-state index contributed by atoms with van der Waals surface area (Å²) in [6, 6.07) is 14.5. The zero-order valence-electron chi connectivity index (χ0n) is 11.7. The maximum Gasteiger partial charge on any atom is 0.252 e. The fourth-order valence-electron chi connectivity index (χ4n) is 2.61. The standard InChI is InChI=1S/C17H16N2O2/c1-18-12-8-6-11(7-9-12)16(20)10-15-13-4-2-3-5-14(13)17(21)19-15/h2-9,15,18H,10H2,1H3,(H,19,21). The quantitative estimate of drug-likeness (QED) is 0.847. The highest BCUT2D eigenvalue weighted by Crippen LogP contribution is 2.28. The molecule has 1 unspecified atom stereocenters. The van der Waals surface area contributed by atoms with E-state index < -0.39 is 0 Å². The Kier molecular flexibility index (Phi) is 3.44.